The maximum atomic E-state index is 4.08. The molecule has 0 saturated carbocycles. The maximum absolute atomic E-state index is 4.08. The third-order valence-corrected chi connectivity index (χ3v) is 1.90. The molecule has 0 aromatic carbocycles. The van der Waals surface area contributed by atoms with Gasteiger partial charge < -0.3 is 5.32 Å². The summed E-state index contributed by atoms with van der Waals surface area (Å²) in [5.41, 5.74) is 0. The predicted molar refractivity (Wildman–Crippen MR) is 47.5 cm³/mol. The van der Waals surface area contributed by atoms with E-state index in [1.807, 2.05) is 7.05 Å². The molecule has 0 fully saturated rings. The minimum atomic E-state index is 0. The molecule has 11 heavy (non-hydrogen) atoms. The van der Waals surface area contributed by atoms with Gasteiger partial charge in [0.1, 0.15) is 0 Å². The van der Waals surface area contributed by atoms with Gasteiger partial charge in [0.05, 0.1) is 0 Å². The Morgan fingerprint density at radius 1 is 1.27 bits per heavy atom. The molecule has 1 nitrogen and oxygen atoms in total. The standard InChI is InChI=1S/C9H20N.W/c1-4-5-6-9(2)7-8-10-3;/h9H,4-8H2,1-3H3;/q-1;. The second-order valence-corrected chi connectivity index (χ2v) is 3.08. The Kier molecular flexibility index (Phi) is 13.7. The quantitative estimate of drug-likeness (QED) is 0.712. The first-order valence-electron chi connectivity index (χ1n) is 4.36. The van der Waals surface area contributed by atoms with Crippen LogP contribution in [0.5, 0.6) is 0 Å². The average molecular weight is 326 g/mol. The van der Waals surface area contributed by atoms with Crippen molar-refractivity contribution in [2.24, 2.45) is 5.92 Å². The molecule has 0 bridgehead atoms. The number of hydrogen-bond acceptors (Lipinski definition) is 0. The van der Waals surface area contributed by atoms with E-state index in [1.54, 1.807) is 0 Å². The van der Waals surface area contributed by atoms with E-state index < -0.39 is 0 Å². The fraction of sp³-hybridized carbons (Fsp3) is 1.00. The van der Waals surface area contributed by atoms with Crippen LogP contribution in [-0.4, -0.2) is 13.6 Å². The van der Waals surface area contributed by atoms with Crippen LogP contribution in [0.4, 0.5) is 0 Å². The molecule has 0 aromatic rings. The van der Waals surface area contributed by atoms with Gasteiger partial charge in [-0.1, -0.05) is 39.5 Å². The molecule has 0 aromatic heterocycles. The van der Waals surface area contributed by atoms with E-state index in [0.29, 0.717) is 0 Å². The van der Waals surface area contributed by atoms with Gasteiger partial charge in [0.25, 0.3) is 0 Å². The number of rotatable bonds is 6. The van der Waals surface area contributed by atoms with Crippen molar-refractivity contribution < 1.29 is 21.1 Å². The van der Waals surface area contributed by atoms with Gasteiger partial charge in [0.2, 0.25) is 0 Å². The summed E-state index contributed by atoms with van der Waals surface area (Å²) in [6.45, 7) is 5.61. The van der Waals surface area contributed by atoms with Crippen LogP contribution in [-0.2, 0) is 21.1 Å². The van der Waals surface area contributed by atoms with Crippen molar-refractivity contribution in [3.63, 3.8) is 0 Å². The molecule has 0 aliphatic carbocycles. The predicted octanol–water partition coefficient (Wildman–Crippen LogP) is 3.20. The molecule has 0 N–H and O–H groups in total. The van der Waals surface area contributed by atoms with Crippen LogP contribution in [0.1, 0.15) is 39.5 Å². The summed E-state index contributed by atoms with van der Waals surface area (Å²) in [6.07, 6.45) is 5.36. The van der Waals surface area contributed by atoms with Crippen LogP contribution in [0, 0.1) is 5.92 Å². The summed E-state index contributed by atoms with van der Waals surface area (Å²) in [6, 6.07) is 0. The minimum absolute atomic E-state index is 0. The van der Waals surface area contributed by atoms with Crippen molar-refractivity contribution in [1.29, 1.82) is 0 Å². The topological polar surface area (TPSA) is 14.1 Å². The van der Waals surface area contributed by atoms with Crippen LogP contribution in [0.25, 0.3) is 5.32 Å². The summed E-state index contributed by atoms with van der Waals surface area (Å²) in [4.78, 5) is 0. The van der Waals surface area contributed by atoms with Gasteiger partial charge in [-0.3, -0.25) is 0 Å². The molecule has 0 rings (SSSR count). The van der Waals surface area contributed by atoms with Gasteiger partial charge in [-0.25, -0.2) is 0 Å². The van der Waals surface area contributed by atoms with Crippen molar-refractivity contribution in [1.82, 2.24) is 0 Å². The maximum Gasteiger partial charge on any atom is 0 e. The van der Waals surface area contributed by atoms with Gasteiger partial charge in [-0.2, -0.15) is 7.05 Å². The van der Waals surface area contributed by atoms with Crippen molar-refractivity contribution in [3.8, 4) is 0 Å². The van der Waals surface area contributed by atoms with Crippen molar-refractivity contribution in [3.05, 3.63) is 5.32 Å². The van der Waals surface area contributed by atoms with E-state index >= 15 is 0 Å². The largest absolute Gasteiger partial charge is 0.665 e. The van der Waals surface area contributed by atoms with Crippen molar-refractivity contribution in [2.75, 3.05) is 13.6 Å². The molecule has 1 atom stereocenters. The van der Waals surface area contributed by atoms with Crippen LogP contribution < -0.4 is 0 Å². The first kappa shape index (κ1) is 14.2. The number of nitrogens with zero attached hydrogens (tertiary/aromatic N) is 1. The third-order valence-electron chi connectivity index (χ3n) is 1.90. The third kappa shape index (κ3) is 10.6. The zero-order valence-corrected chi connectivity index (χ0v) is 10.9. The Labute approximate surface area is 85.6 Å². The van der Waals surface area contributed by atoms with Crippen LogP contribution in [0.15, 0.2) is 0 Å². The Morgan fingerprint density at radius 3 is 2.36 bits per heavy atom. The van der Waals surface area contributed by atoms with E-state index in [2.05, 4.69) is 19.2 Å². The summed E-state index contributed by atoms with van der Waals surface area (Å²) in [7, 11) is 1.90. The molecule has 0 spiro atoms. The average Bonchev–Trinajstić information content (AvgIpc) is 1.97. The van der Waals surface area contributed by atoms with Crippen molar-refractivity contribution in [2.45, 2.75) is 39.5 Å². The van der Waals surface area contributed by atoms with Gasteiger partial charge >= 0.3 is 0 Å². The molecule has 68 valence electrons. The molecule has 2 heteroatoms. The van der Waals surface area contributed by atoms with Crippen molar-refractivity contribution >= 4 is 0 Å². The van der Waals surface area contributed by atoms with Crippen LogP contribution in [0.2, 0.25) is 0 Å². The Bertz CT molecular complexity index is 58.6. The van der Waals surface area contributed by atoms with E-state index in [1.165, 1.54) is 25.7 Å². The number of unbranched alkanes of at least 4 members (excludes halogenated alkanes) is 1. The first-order chi connectivity index (χ1) is 4.81. The van der Waals surface area contributed by atoms with Crippen LogP contribution in [0.3, 0.4) is 0 Å². The van der Waals surface area contributed by atoms with Gasteiger partial charge in [-0.05, 0) is 5.92 Å². The summed E-state index contributed by atoms with van der Waals surface area (Å²) >= 11 is 0. The summed E-state index contributed by atoms with van der Waals surface area (Å²) in [5.74, 6) is 0.878. The molecule has 0 saturated heterocycles. The molecule has 0 amide bonds. The zero-order valence-electron chi connectivity index (χ0n) is 7.97. The molecule has 0 heterocycles. The molecule has 0 aliphatic heterocycles. The second-order valence-electron chi connectivity index (χ2n) is 3.08. The molecule has 1 unspecified atom stereocenters. The Morgan fingerprint density at radius 2 is 1.91 bits per heavy atom. The van der Waals surface area contributed by atoms with E-state index in [-0.39, 0.29) is 21.1 Å². The van der Waals surface area contributed by atoms with Crippen LogP contribution >= 0.6 is 0 Å². The molecular formula is C9H20NW-. The second kappa shape index (κ2) is 10.6. The minimum Gasteiger partial charge on any atom is -0.665 e. The van der Waals surface area contributed by atoms with Gasteiger partial charge in [0.15, 0.2) is 0 Å². The molecule has 0 radical (unpaired) electrons. The van der Waals surface area contributed by atoms with E-state index in [4.69, 9.17) is 0 Å². The van der Waals surface area contributed by atoms with Gasteiger partial charge in [0, 0.05) is 21.1 Å². The monoisotopic (exact) mass is 326 g/mol. The fourth-order valence-electron chi connectivity index (χ4n) is 1.05. The molecule has 0 aliphatic rings. The summed E-state index contributed by atoms with van der Waals surface area (Å²) in [5, 5.41) is 4.08. The summed E-state index contributed by atoms with van der Waals surface area (Å²) < 4.78 is 0. The van der Waals surface area contributed by atoms with E-state index in [9.17, 15) is 0 Å². The fourth-order valence-corrected chi connectivity index (χ4v) is 1.05. The normalized spacial score (nSPS) is 12.3. The van der Waals surface area contributed by atoms with Gasteiger partial charge in [-0.15, -0.1) is 6.54 Å². The molecular weight excluding hydrogens is 306 g/mol. The SMILES string of the molecule is CCCCC(C)CC[N-]C.[W]. The smallest absolute Gasteiger partial charge is 0 e. The Balaban J connectivity index is 0. The Hall–Kier alpha value is 0.648. The number of hydrogen-bond donors (Lipinski definition) is 0. The first-order valence-corrected chi connectivity index (χ1v) is 4.36. The zero-order chi connectivity index (χ0) is 7.82. The van der Waals surface area contributed by atoms with E-state index in [0.717, 1.165) is 12.5 Å².